The summed E-state index contributed by atoms with van der Waals surface area (Å²) in [7, 11) is 0. The van der Waals surface area contributed by atoms with Crippen LogP contribution in [0.1, 0.15) is 21.7 Å². The molecule has 0 aliphatic rings. The van der Waals surface area contributed by atoms with E-state index in [9.17, 15) is 35.1 Å². The van der Waals surface area contributed by atoms with Gasteiger partial charge in [0, 0.05) is 17.2 Å². The van der Waals surface area contributed by atoms with Crippen LogP contribution in [0.15, 0.2) is 84.9 Å². The summed E-state index contributed by atoms with van der Waals surface area (Å²) >= 11 is 1.25. The Morgan fingerprint density at radius 2 is 1.30 bits per heavy atom. The van der Waals surface area contributed by atoms with Crippen LogP contribution in [0.4, 0.5) is 35.1 Å². The zero-order valence-electron chi connectivity index (χ0n) is 23.4. The first-order valence-corrected chi connectivity index (χ1v) is 14.2. The zero-order valence-corrected chi connectivity index (χ0v) is 24.2. The van der Waals surface area contributed by atoms with Gasteiger partial charge in [-0.3, -0.25) is 0 Å². The van der Waals surface area contributed by atoms with E-state index in [0.29, 0.717) is 40.9 Å². The quantitative estimate of drug-likeness (QED) is 0.105. The van der Waals surface area contributed by atoms with E-state index in [4.69, 9.17) is 0 Å². The van der Waals surface area contributed by atoms with Crippen molar-refractivity contribution in [1.82, 2.24) is 4.98 Å². The maximum Gasteiger partial charge on any atom is 0.432 e. The molecule has 5 aromatic carbocycles. The summed E-state index contributed by atoms with van der Waals surface area (Å²) in [5, 5.41) is 0.339. The highest BCUT2D eigenvalue weighted by Gasteiger charge is 2.41. The number of ether oxygens (including phenoxy) is 1. The molecule has 11 heteroatoms. The van der Waals surface area contributed by atoms with Crippen LogP contribution in [0.2, 0.25) is 0 Å². The van der Waals surface area contributed by atoms with Crippen LogP contribution in [0.5, 0.6) is 5.75 Å². The number of nitrogens with zero attached hydrogens (tertiary/aromatic N) is 1. The van der Waals surface area contributed by atoms with Crippen LogP contribution in [0.25, 0.3) is 32.5 Å². The molecule has 0 fully saturated rings. The van der Waals surface area contributed by atoms with Gasteiger partial charge < -0.3 is 4.74 Å². The Kier molecular flexibility index (Phi) is 8.00. The molecule has 0 spiro atoms. The minimum atomic E-state index is -4.61. The second-order valence-corrected chi connectivity index (χ2v) is 11.2. The van der Waals surface area contributed by atoms with E-state index in [0.717, 1.165) is 33.5 Å². The maximum atomic E-state index is 14.9. The van der Waals surface area contributed by atoms with Gasteiger partial charge in [0.1, 0.15) is 28.8 Å². The second-order valence-electron chi connectivity index (χ2n) is 10.1. The van der Waals surface area contributed by atoms with E-state index in [1.165, 1.54) is 11.3 Å². The first-order valence-electron chi connectivity index (χ1n) is 13.4. The van der Waals surface area contributed by atoms with Gasteiger partial charge in [0.15, 0.2) is 22.5 Å². The number of halogens is 8. The molecular weight excluding hydrogens is 634 g/mol. The molecule has 6 aromatic rings. The molecule has 0 aliphatic carbocycles. The molecule has 0 N–H and O–H groups in total. The molecule has 0 saturated heterocycles. The van der Waals surface area contributed by atoms with E-state index in [1.807, 2.05) is 49.4 Å². The molecule has 0 bridgehead atoms. The van der Waals surface area contributed by atoms with Crippen molar-refractivity contribution >= 4 is 21.6 Å². The number of rotatable bonds is 5. The fourth-order valence-electron chi connectivity index (χ4n) is 4.66. The van der Waals surface area contributed by atoms with Crippen LogP contribution < -0.4 is 4.74 Å². The number of benzene rings is 5. The van der Waals surface area contributed by atoms with Gasteiger partial charge in [-0.05, 0) is 78.1 Å². The lowest BCUT2D eigenvalue weighted by molar-refractivity contribution is -0.189. The second kappa shape index (κ2) is 11.9. The molecule has 0 radical (unpaired) electrons. The zero-order chi connectivity index (χ0) is 32.7. The Morgan fingerprint density at radius 3 is 1.96 bits per heavy atom. The summed E-state index contributed by atoms with van der Waals surface area (Å²) in [5.41, 5.74) is 0.902. The van der Waals surface area contributed by atoms with E-state index >= 15 is 0 Å². The third-order valence-electron chi connectivity index (χ3n) is 6.90. The number of alkyl halides is 2. The fraction of sp³-hybridized carbons (Fsp3) is 0.0571. The van der Waals surface area contributed by atoms with Crippen LogP contribution >= 0.6 is 11.3 Å². The van der Waals surface area contributed by atoms with Gasteiger partial charge in [0.05, 0.1) is 10.2 Å². The van der Waals surface area contributed by atoms with E-state index in [-0.39, 0.29) is 5.56 Å². The monoisotopic (exact) mass is 651 g/mol. The molecule has 0 saturated carbocycles. The summed E-state index contributed by atoms with van der Waals surface area (Å²) in [6, 6.07) is 18.0. The SMILES string of the molecule is Cc1ccc(-c2ccc3nc(C#Cc4cc(F)c(C(F)(F)Oc5ccc(-c6cc(F)c(F)c(F)c6)c(F)c5)c(F)c4)sc3c2)cc1. The molecule has 230 valence electrons. The van der Waals surface area contributed by atoms with Crippen molar-refractivity contribution in [3.8, 4) is 39.8 Å². The van der Waals surface area contributed by atoms with Crippen LogP contribution in [0.3, 0.4) is 0 Å². The van der Waals surface area contributed by atoms with Crippen molar-refractivity contribution in [3.05, 3.63) is 142 Å². The number of hydrogen-bond acceptors (Lipinski definition) is 3. The number of aromatic nitrogens is 1. The molecule has 1 heterocycles. The van der Waals surface area contributed by atoms with E-state index in [2.05, 4.69) is 21.6 Å². The minimum Gasteiger partial charge on any atom is -0.429 e. The normalized spacial score (nSPS) is 11.4. The van der Waals surface area contributed by atoms with Gasteiger partial charge in [-0.2, -0.15) is 8.78 Å². The maximum absolute atomic E-state index is 14.9. The predicted molar refractivity (Wildman–Crippen MR) is 158 cm³/mol. The van der Waals surface area contributed by atoms with Crippen LogP contribution in [-0.2, 0) is 6.11 Å². The lowest BCUT2D eigenvalue weighted by Crippen LogP contribution is -2.25. The number of aryl methyl sites for hydroxylation is 1. The number of hydrogen-bond donors (Lipinski definition) is 0. The van der Waals surface area contributed by atoms with Gasteiger partial charge in [-0.1, -0.05) is 41.8 Å². The van der Waals surface area contributed by atoms with Gasteiger partial charge >= 0.3 is 6.11 Å². The summed E-state index contributed by atoms with van der Waals surface area (Å²) in [4.78, 5) is 4.40. The number of fused-ring (bicyclic) bond motifs is 1. The highest BCUT2D eigenvalue weighted by molar-refractivity contribution is 7.19. The highest BCUT2D eigenvalue weighted by atomic mass is 32.1. The molecule has 1 aromatic heterocycles. The third kappa shape index (κ3) is 6.17. The molecule has 0 aliphatic heterocycles. The van der Waals surface area contributed by atoms with E-state index in [1.54, 1.807) is 0 Å². The lowest BCUT2D eigenvalue weighted by atomic mass is 10.0. The van der Waals surface area contributed by atoms with Crippen LogP contribution in [-0.4, -0.2) is 4.98 Å². The summed E-state index contributed by atoms with van der Waals surface area (Å²) in [6.45, 7) is 1.99. The standard InChI is InChI=1S/C35H17F8NOS/c1-18-2-5-20(6-3-18)21-7-10-30-31(16-21)46-32(44-30)11-4-19-12-26(37)33(27(38)13-19)35(42,43)45-23-8-9-24(25(36)17-23)22-14-28(39)34(41)29(40)15-22/h2-3,5-10,12-17H,1H3. The highest BCUT2D eigenvalue weighted by Crippen LogP contribution is 2.37. The van der Waals surface area contributed by atoms with E-state index < -0.39 is 63.5 Å². The van der Waals surface area contributed by atoms with Gasteiger partial charge in [0.2, 0.25) is 0 Å². The third-order valence-corrected chi connectivity index (χ3v) is 7.84. The van der Waals surface area contributed by atoms with Crippen molar-refractivity contribution in [2.75, 3.05) is 0 Å². The molecule has 6 rings (SSSR count). The Bertz CT molecular complexity index is 2150. The fourth-order valence-corrected chi connectivity index (χ4v) is 5.51. The topological polar surface area (TPSA) is 22.1 Å². The minimum absolute atomic E-state index is 0.247. The largest absolute Gasteiger partial charge is 0.432 e. The molecule has 46 heavy (non-hydrogen) atoms. The van der Waals surface area contributed by atoms with Crippen LogP contribution in [0, 0.1) is 53.7 Å². The molecule has 0 amide bonds. The first-order chi connectivity index (χ1) is 21.9. The van der Waals surface area contributed by atoms with Crippen molar-refractivity contribution in [2.24, 2.45) is 0 Å². The summed E-state index contributed by atoms with van der Waals surface area (Å²) in [6.07, 6.45) is -4.61. The van der Waals surface area contributed by atoms with Gasteiger partial charge in [0.25, 0.3) is 0 Å². The smallest absolute Gasteiger partial charge is 0.429 e. The predicted octanol–water partition coefficient (Wildman–Crippen LogP) is 10.3. The van der Waals surface area contributed by atoms with Crippen molar-refractivity contribution < 1.29 is 39.9 Å². The average molecular weight is 652 g/mol. The Hall–Kier alpha value is -5.21. The summed E-state index contributed by atoms with van der Waals surface area (Å²) < 4.78 is 120. The first kappa shape index (κ1) is 30.8. The Labute approximate surface area is 260 Å². The van der Waals surface area contributed by atoms with Crippen molar-refractivity contribution in [3.63, 3.8) is 0 Å². The van der Waals surface area contributed by atoms with Crippen molar-refractivity contribution in [1.29, 1.82) is 0 Å². The van der Waals surface area contributed by atoms with Gasteiger partial charge in [-0.25, -0.2) is 31.3 Å². The molecule has 2 nitrogen and oxygen atoms in total. The molecule has 0 atom stereocenters. The lowest BCUT2D eigenvalue weighted by Gasteiger charge is -2.20. The number of thiazole rings is 1. The van der Waals surface area contributed by atoms with Crippen molar-refractivity contribution in [2.45, 2.75) is 13.0 Å². The average Bonchev–Trinajstić information content (AvgIpc) is 3.41. The Balaban J connectivity index is 1.22. The molecular formula is C35H17F8NOS. The van der Waals surface area contributed by atoms with Gasteiger partial charge in [-0.15, -0.1) is 11.3 Å². The Morgan fingerprint density at radius 1 is 0.652 bits per heavy atom. The molecule has 0 unspecified atom stereocenters. The summed E-state index contributed by atoms with van der Waals surface area (Å²) in [5.74, 6) is -5.18.